The predicted octanol–water partition coefficient (Wildman–Crippen LogP) is 2.76. The van der Waals surface area contributed by atoms with E-state index in [4.69, 9.17) is 5.73 Å². The lowest BCUT2D eigenvalue weighted by molar-refractivity contribution is 0.382. The number of nitrogens with zero attached hydrogens (tertiary/aromatic N) is 1. The Morgan fingerprint density at radius 1 is 1.33 bits per heavy atom. The van der Waals surface area contributed by atoms with Crippen LogP contribution in [0.3, 0.4) is 0 Å². The monoisotopic (exact) mass is 307 g/mol. The summed E-state index contributed by atoms with van der Waals surface area (Å²) in [5.41, 5.74) is 7.28. The second-order valence-corrected chi connectivity index (χ2v) is 6.07. The molecule has 3 rings (SSSR count). The maximum atomic E-state index is 5.93. The molecule has 0 unspecified atom stereocenters. The number of nitrogens with two attached hydrogens (primary N) is 1. The first-order valence-corrected chi connectivity index (χ1v) is 7.37. The molecular formula is C14H18BrN3. The van der Waals surface area contributed by atoms with Crippen molar-refractivity contribution in [1.29, 1.82) is 0 Å². The number of aliphatic imine (C=N–C) groups is 1. The molecule has 0 saturated heterocycles. The van der Waals surface area contributed by atoms with Crippen molar-refractivity contribution in [3.05, 3.63) is 34.3 Å². The summed E-state index contributed by atoms with van der Waals surface area (Å²) in [7, 11) is 0. The Kier molecular flexibility index (Phi) is 3.29. The first kappa shape index (κ1) is 12.0. The minimum atomic E-state index is 0.358. The summed E-state index contributed by atoms with van der Waals surface area (Å²) in [5, 5.41) is 3.29. The topological polar surface area (TPSA) is 50.4 Å². The van der Waals surface area contributed by atoms with Crippen LogP contribution in [0.15, 0.2) is 33.7 Å². The number of halogens is 1. The van der Waals surface area contributed by atoms with Gasteiger partial charge >= 0.3 is 0 Å². The van der Waals surface area contributed by atoms with Crippen molar-refractivity contribution in [3.8, 4) is 0 Å². The van der Waals surface area contributed by atoms with Gasteiger partial charge in [0.2, 0.25) is 0 Å². The zero-order valence-electron chi connectivity index (χ0n) is 10.3. The van der Waals surface area contributed by atoms with Crippen molar-refractivity contribution >= 4 is 21.9 Å². The van der Waals surface area contributed by atoms with Gasteiger partial charge in [-0.05, 0) is 37.3 Å². The van der Waals surface area contributed by atoms with E-state index in [0.717, 1.165) is 6.42 Å². The van der Waals surface area contributed by atoms with Crippen molar-refractivity contribution in [2.75, 3.05) is 0 Å². The van der Waals surface area contributed by atoms with Crippen LogP contribution in [0.25, 0.3) is 0 Å². The van der Waals surface area contributed by atoms with Gasteiger partial charge in [0.05, 0.1) is 6.04 Å². The summed E-state index contributed by atoms with van der Waals surface area (Å²) in [6.07, 6.45) is 4.88. The molecule has 0 aromatic heterocycles. The summed E-state index contributed by atoms with van der Waals surface area (Å²) in [6.45, 7) is 0. The first-order valence-electron chi connectivity index (χ1n) is 6.58. The standard InChI is InChI=1S/C14H18BrN3/c15-12-7-2-1-6-10(12)11-8-13(11)18-14(16)17-9-4-3-5-9/h1-2,6-7,9,11,13H,3-5,8H2,(H3,16,17,18)/t11-,13+/m0/s1. The molecule has 18 heavy (non-hydrogen) atoms. The van der Waals surface area contributed by atoms with E-state index < -0.39 is 0 Å². The van der Waals surface area contributed by atoms with Gasteiger partial charge < -0.3 is 11.1 Å². The van der Waals surface area contributed by atoms with Gasteiger partial charge in [-0.1, -0.05) is 34.1 Å². The molecule has 2 aliphatic rings. The van der Waals surface area contributed by atoms with Crippen LogP contribution in [0.4, 0.5) is 0 Å². The Morgan fingerprint density at radius 2 is 2.11 bits per heavy atom. The fraction of sp³-hybridized carbons (Fsp3) is 0.500. The number of benzene rings is 1. The summed E-state index contributed by atoms with van der Waals surface area (Å²) in [4.78, 5) is 4.57. The summed E-state index contributed by atoms with van der Waals surface area (Å²) in [5.74, 6) is 1.15. The smallest absolute Gasteiger partial charge is 0.189 e. The van der Waals surface area contributed by atoms with Crippen molar-refractivity contribution in [3.63, 3.8) is 0 Å². The second-order valence-electron chi connectivity index (χ2n) is 5.22. The van der Waals surface area contributed by atoms with Gasteiger partial charge in [-0.2, -0.15) is 0 Å². The van der Waals surface area contributed by atoms with Crippen molar-refractivity contribution in [2.24, 2.45) is 10.7 Å². The minimum absolute atomic E-state index is 0.358. The Bertz CT molecular complexity index is 468. The van der Waals surface area contributed by atoms with Crippen LogP contribution in [0.2, 0.25) is 0 Å². The Hall–Kier alpha value is -1.03. The van der Waals surface area contributed by atoms with Crippen LogP contribution < -0.4 is 11.1 Å². The van der Waals surface area contributed by atoms with Gasteiger partial charge in [0, 0.05) is 16.4 Å². The van der Waals surface area contributed by atoms with E-state index in [1.54, 1.807) is 0 Å². The average molecular weight is 308 g/mol. The zero-order chi connectivity index (χ0) is 12.5. The highest BCUT2D eigenvalue weighted by Gasteiger charge is 2.39. The number of hydrogen-bond acceptors (Lipinski definition) is 1. The number of hydrogen-bond donors (Lipinski definition) is 2. The van der Waals surface area contributed by atoms with Crippen molar-refractivity contribution in [1.82, 2.24) is 5.32 Å². The zero-order valence-corrected chi connectivity index (χ0v) is 11.9. The van der Waals surface area contributed by atoms with Crippen LogP contribution >= 0.6 is 15.9 Å². The SMILES string of the molecule is NC(=N[C@@H]1C[C@H]1c1ccccc1Br)NC1CCC1. The van der Waals surface area contributed by atoms with Gasteiger partial charge in [0.1, 0.15) is 0 Å². The maximum Gasteiger partial charge on any atom is 0.189 e. The molecule has 96 valence electrons. The van der Waals surface area contributed by atoms with Crippen LogP contribution in [0.1, 0.15) is 37.2 Å². The van der Waals surface area contributed by atoms with Gasteiger partial charge in [-0.3, -0.25) is 0 Å². The molecule has 0 amide bonds. The van der Waals surface area contributed by atoms with Crippen molar-refractivity contribution < 1.29 is 0 Å². The lowest BCUT2D eigenvalue weighted by atomic mass is 9.93. The van der Waals surface area contributed by atoms with Gasteiger partial charge in [-0.25, -0.2) is 4.99 Å². The Morgan fingerprint density at radius 3 is 2.78 bits per heavy atom. The molecule has 2 saturated carbocycles. The van der Waals surface area contributed by atoms with E-state index in [9.17, 15) is 0 Å². The van der Waals surface area contributed by atoms with Crippen LogP contribution in [-0.2, 0) is 0 Å². The molecule has 0 bridgehead atoms. The molecule has 3 nitrogen and oxygen atoms in total. The predicted molar refractivity (Wildman–Crippen MR) is 77.7 cm³/mol. The molecule has 4 heteroatoms. The summed E-state index contributed by atoms with van der Waals surface area (Å²) < 4.78 is 1.18. The Labute approximate surface area is 116 Å². The fourth-order valence-electron chi connectivity index (χ4n) is 2.41. The van der Waals surface area contributed by atoms with E-state index in [1.165, 1.54) is 29.3 Å². The van der Waals surface area contributed by atoms with Gasteiger partial charge in [0.25, 0.3) is 0 Å². The number of guanidine groups is 1. The molecule has 3 N–H and O–H groups in total. The Balaban J connectivity index is 1.60. The third-order valence-electron chi connectivity index (χ3n) is 3.82. The van der Waals surface area contributed by atoms with Crippen LogP contribution in [0, 0.1) is 0 Å². The highest BCUT2D eigenvalue weighted by atomic mass is 79.9. The third-order valence-corrected chi connectivity index (χ3v) is 4.55. The van der Waals surface area contributed by atoms with E-state index >= 15 is 0 Å². The lowest BCUT2D eigenvalue weighted by Gasteiger charge is -2.26. The highest BCUT2D eigenvalue weighted by Crippen LogP contribution is 2.45. The van der Waals surface area contributed by atoms with Crippen LogP contribution in [-0.4, -0.2) is 18.0 Å². The molecule has 2 aliphatic carbocycles. The average Bonchev–Trinajstić information content (AvgIpc) is 3.03. The second kappa shape index (κ2) is 4.92. The van der Waals surface area contributed by atoms with Gasteiger partial charge in [0.15, 0.2) is 5.96 Å². The van der Waals surface area contributed by atoms with E-state index in [1.807, 2.05) is 6.07 Å². The number of rotatable bonds is 3. The molecule has 0 aliphatic heterocycles. The molecule has 0 radical (unpaired) electrons. The number of nitrogens with one attached hydrogen (secondary N) is 1. The van der Waals surface area contributed by atoms with Crippen LogP contribution in [0.5, 0.6) is 0 Å². The summed E-state index contributed by atoms with van der Waals surface area (Å²) >= 11 is 3.60. The summed E-state index contributed by atoms with van der Waals surface area (Å²) in [6, 6.07) is 9.30. The van der Waals surface area contributed by atoms with E-state index in [0.29, 0.717) is 24.0 Å². The molecule has 2 atom stereocenters. The molecule has 0 spiro atoms. The van der Waals surface area contributed by atoms with E-state index in [2.05, 4.69) is 44.4 Å². The first-order chi connectivity index (χ1) is 8.74. The third kappa shape index (κ3) is 2.53. The molecule has 2 fully saturated rings. The lowest BCUT2D eigenvalue weighted by Crippen LogP contribution is -2.43. The largest absolute Gasteiger partial charge is 0.370 e. The quantitative estimate of drug-likeness (QED) is 0.666. The van der Waals surface area contributed by atoms with E-state index in [-0.39, 0.29) is 0 Å². The normalized spacial score (nSPS) is 27.7. The van der Waals surface area contributed by atoms with Gasteiger partial charge in [-0.15, -0.1) is 0 Å². The maximum absolute atomic E-state index is 5.93. The molecular weight excluding hydrogens is 290 g/mol. The molecule has 1 aromatic rings. The highest BCUT2D eigenvalue weighted by molar-refractivity contribution is 9.10. The molecule has 0 heterocycles. The molecule has 1 aromatic carbocycles. The minimum Gasteiger partial charge on any atom is -0.370 e. The fourth-order valence-corrected chi connectivity index (χ4v) is 2.99. The van der Waals surface area contributed by atoms with Crippen molar-refractivity contribution in [2.45, 2.75) is 43.7 Å².